The molecule has 0 amide bonds. The zero-order valence-electron chi connectivity index (χ0n) is 9.86. The molecule has 0 aliphatic carbocycles. The highest BCUT2D eigenvalue weighted by Crippen LogP contribution is 2.29. The van der Waals surface area contributed by atoms with Gasteiger partial charge in [-0.2, -0.15) is 13.2 Å². The van der Waals surface area contributed by atoms with Gasteiger partial charge in [0.15, 0.2) is 6.61 Å². The molecule has 0 fully saturated rings. The Kier molecular flexibility index (Phi) is 4.33. The molecule has 0 aromatic heterocycles. The van der Waals surface area contributed by atoms with Crippen molar-refractivity contribution in [3.63, 3.8) is 0 Å². The zero-order valence-corrected chi connectivity index (χ0v) is 12.0. The van der Waals surface area contributed by atoms with Gasteiger partial charge in [-0.3, -0.25) is 0 Å². The van der Waals surface area contributed by atoms with Gasteiger partial charge < -0.3 is 4.74 Å². The number of halogens is 4. The molecular weight excluding hydrogens is 344 g/mol. The van der Waals surface area contributed by atoms with Crippen LogP contribution in [0.3, 0.4) is 0 Å². The first kappa shape index (κ1) is 14.6. The third-order valence-corrected chi connectivity index (χ3v) is 3.03. The van der Waals surface area contributed by atoms with E-state index in [1.54, 1.807) is 12.1 Å². The number of alkyl halides is 3. The molecule has 1 aromatic rings. The SMILES string of the molecule is CC(C)(C)c1ccc(OCC(F)(F)F)c(I)c1. The van der Waals surface area contributed by atoms with Gasteiger partial charge in [-0.05, 0) is 45.7 Å². The fraction of sp³-hybridized carbons (Fsp3) is 0.500. The van der Waals surface area contributed by atoms with E-state index in [-0.39, 0.29) is 11.2 Å². The maximum Gasteiger partial charge on any atom is 0.422 e. The smallest absolute Gasteiger partial charge is 0.422 e. The van der Waals surface area contributed by atoms with Crippen LogP contribution in [0.25, 0.3) is 0 Å². The monoisotopic (exact) mass is 358 g/mol. The van der Waals surface area contributed by atoms with E-state index in [1.807, 2.05) is 28.7 Å². The van der Waals surface area contributed by atoms with Crippen LogP contribution in [0.1, 0.15) is 26.3 Å². The van der Waals surface area contributed by atoms with Gasteiger partial charge in [0.1, 0.15) is 5.75 Å². The lowest BCUT2D eigenvalue weighted by molar-refractivity contribution is -0.153. The van der Waals surface area contributed by atoms with E-state index < -0.39 is 12.8 Å². The number of hydrogen-bond donors (Lipinski definition) is 0. The van der Waals surface area contributed by atoms with Crippen LogP contribution in [0.5, 0.6) is 5.75 Å². The van der Waals surface area contributed by atoms with Gasteiger partial charge in [0, 0.05) is 0 Å². The van der Waals surface area contributed by atoms with Gasteiger partial charge in [-0.25, -0.2) is 0 Å². The Morgan fingerprint density at radius 2 is 1.76 bits per heavy atom. The summed E-state index contributed by atoms with van der Waals surface area (Å²) in [6.45, 7) is 4.90. The van der Waals surface area contributed by atoms with Crippen LogP contribution in [0, 0.1) is 3.57 Å². The van der Waals surface area contributed by atoms with Crippen molar-refractivity contribution in [3.05, 3.63) is 27.3 Å². The molecule has 1 rings (SSSR count). The molecule has 1 nitrogen and oxygen atoms in total. The second kappa shape index (κ2) is 5.04. The first-order valence-electron chi connectivity index (χ1n) is 5.09. The highest BCUT2D eigenvalue weighted by atomic mass is 127. The highest BCUT2D eigenvalue weighted by Gasteiger charge is 2.28. The average Bonchev–Trinajstić information content (AvgIpc) is 2.12. The summed E-state index contributed by atoms with van der Waals surface area (Å²) >= 11 is 1.99. The summed E-state index contributed by atoms with van der Waals surface area (Å²) < 4.78 is 41.5. The Balaban J connectivity index is 2.84. The quantitative estimate of drug-likeness (QED) is 0.706. The van der Waals surface area contributed by atoms with E-state index in [1.165, 1.54) is 0 Å². The summed E-state index contributed by atoms with van der Waals surface area (Å²) in [5.41, 5.74) is 1.05. The van der Waals surface area contributed by atoms with Crippen molar-refractivity contribution in [2.75, 3.05) is 6.61 Å². The second-order valence-corrected chi connectivity index (χ2v) is 5.96. The standard InChI is InChI=1S/C12H14F3IO/c1-11(2,3)8-4-5-10(9(16)6-8)17-7-12(13,14)15/h4-6H,7H2,1-3H3. The summed E-state index contributed by atoms with van der Waals surface area (Å²) in [5.74, 6) is 0.274. The zero-order chi connectivity index (χ0) is 13.3. The molecule has 5 heteroatoms. The molecule has 0 saturated heterocycles. The van der Waals surface area contributed by atoms with Crippen molar-refractivity contribution < 1.29 is 17.9 Å². The topological polar surface area (TPSA) is 9.23 Å². The lowest BCUT2D eigenvalue weighted by atomic mass is 9.87. The summed E-state index contributed by atoms with van der Waals surface area (Å²) in [6.07, 6.45) is -4.30. The van der Waals surface area contributed by atoms with Gasteiger partial charge in [0.2, 0.25) is 0 Å². The Hall–Kier alpha value is -0.460. The van der Waals surface area contributed by atoms with Crippen molar-refractivity contribution >= 4 is 22.6 Å². The average molecular weight is 358 g/mol. The predicted molar refractivity (Wildman–Crippen MR) is 69.4 cm³/mol. The first-order chi connectivity index (χ1) is 7.59. The van der Waals surface area contributed by atoms with E-state index in [9.17, 15) is 13.2 Å². The van der Waals surface area contributed by atoms with E-state index >= 15 is 0 Å². The molecule has 0 saturated carbocycles. The maximum absolute atomic E-state index is 12.0. The minimum atomic E-state index is -4.30. The van der Waals surface area contributed by atoms with Crippen LogP contribution in [0.2, 0.25) is 0 Å². The molecule has 0 radical (unpaired) electrons. The fourth-order valence-electron chi connectivity index (χ4n) is 1.24. The Labute approximate surface area is 112 Å². The molecule has 0 bridgehead atoms. The molecule has 17 heavy (non-hydrogen) atoms. The van der Waals surface area contributed by atoms with Crippen molar-refractivity contribution in [3.8, 4) is 5.75 Å². The third kappa shape index (κ3) is 4.73. The van der Waals surface area contributed by atoms with Crippen LogP contribution in [0.4, 0.5) is 13.2 Å². The van der Waals surface area contributed by atoms with Gasteiger partial charge in [0.25, 0.3) is 0 Å². The largest absolute Gasteiger partial charge is 0.483 e. The molecule has 0 atom stereocenters. The predicted octanol–water partition coefficient (Wildman–Crippen LogP) is 4.53. The van der Waals surface area contributed by atoms with E-state index in [0.29, 0.717) is 3.57 Å². The first-order valence-corrected chi connectivity index (χ1v) is 6.17. The summed E-state index contributed by atoms with van der Waals surface area (Å²) in [7, 11) is 0. The number of hydrogen-bond acceptors (Lipinski definition) is 1. The number of benzene rings is 1. The molecule has 0 unspecified atom stereocenters. The number of rotatable bonds is 2. The van der Waals surface area contributed by atoms with Crippen molar-refractivity contribution in [2.24, 2.45) is 0 Å². The van der Waals surface area contributed by atoms with Crippen LogP contribution in [-0.4, -0.2) is 12.8 Å². The molecule has 96 valence electrons. The third-order valence-electron chi connectivity index (χ3n) is 2.19. The van der Waals surface area contributed by atoms with Crippen molar-refractivity contribution in [1.29, 1.82) is 0 Å². The van der Waals surface area contributed by atoms with E-state index in [2.05, 4.69) is 20.8 Å². The second-order valence-electron chi connectivity index (χ2n) is 4.80. The molecule has 0 spiro atoms. The van der Waals surface area contributed by atoms with Crippen LogP contribution in [0.15, 0.2) is 18.2 Å². The van der Waals surface area contributed by atoms with Crippen molar-refractivity contribution in [2.45, 2.75) is 32.4 Å². The van der Waals surface area contributed by atoms with E-state index in [0.717, 1.165) is 5.56 Å². The minimum Gasteiger partial charge on any atom is -0.483 e. The molecule has 1 aromatic carbocycles. The van der Waals surface area contributed by atoms with Crippen LogP contribution >= 0.6 is 22.6 Å². The summed E-state index contributed by atoms with van der Waals surface area (Å²) in [5, 5.41) is 0. The fourth-order valence-corrected chi connectivity index (χ4v) is 1.91. The normalized spacial score (nSPS) is 12.6. The molecule has 0 heterocycles. The lowest BCUT2D eigenvalue weighted by Crippen LogP contribution is -2.20. The van der Waals surface area contributed by atoms with Gasteiger partial charge in [-0.15, -0.1) is 0 Å². The van der Waals surface area contributed by atoms with Gasteiger partial charge >= 0.3 is 6.18 Å². The number of ether oxygens (including phenoxy) is 1. The van der Waals surface area contributed by atoms with Crippen LogP contribution in [-0.2, 0) is 5.41 Å². The minimum absolute atomic E-state index is 0.0253. The van der Waals surface area contributed by atoms with Crippen LogP contribution < -0.4 is 4.74 Å². The molecule has 0 aliphatic heterocycles. The lowest BCUT2D eigenvalue weighted by Gasteiger charge is -2.20. The van der Waals surface area contributed by atoms with Gasteiger partial charge in [0.05, 0.1) is 3.57 Å². The summed E-state index contributed by atoms with van der Waals surface area (Å²) in [6, 6.07) is 5.24. The molecular formula is C12H14F3IO. The van der Waals surface area contributed by atoms with Gasteiger partial charge in [-0.1, -0.05) is 26.8 Å². The summed E-state index contributed by atoms with van der Waals surface area (Å²) in [4.78, 5) is 0. The highest BCUT2D eigenvalue weighted by molar-refractivity contribution is 14.1. The Morgan fingerprint density at radius 3 is 2.18 bits per heavy atom. The Bertz CT molecular complexity index is 394. The maximum atomic E-state index is 12.0. The molecule has 0 N–H and O–H groups in total. The Morgan fingerprint density at radius 1 is 1.18 bits per heavy atom. The molecule has 0 aliphatic rings. The van der Waals surface area contributed by atoms with Crippen molar-refractivity contribution in [1.82, 2.24) is 0 Å². The van der Waals surface area contributed by atoms with E-state index in [4.69, 9.17) is 4.74 Å².